The zero-order valence-corrected chi connectivity index (χ0v) is 16.6. The fraction of sp³-hybridized carbons (Fsp3) is 0.316. The quantitative estimate of drug-likeness (QED) is 0.435. The molecule has 1 unspecified atom stereocenters. The molecule has 0 spiro atoms. The van der Waals surface area contributed by atoms with Gasteiger partial charge in [-0.1, -0.05) is 6.92 Å². The maximum atomic E-state index is 12.8. The van der Waals surface area contributed by atoms with E-state index in [1.54, 1.807) is 0 Å². The number of thiophene rings is 1. The zero-order valence-electron chi connectivity index (χ0n) is 15.8. The first-order valence-electron chi connectivity index (χ1n) is 8.84. The Balaban J connectivity index is 1.99. The van der Waals surface area contributed by atoms with Gasteiger partial charge in [0.25, 0.3) is 17.5 Å². The molecule has 0 radical (unpaired) electrons. The molecule has 29 heavy (non-hydrogen) atoms. The Hall–Kier alpha value is -3.27. The van der Waals surface area contributed by atoms with Gasteiger partial charge in [-0.05, 0) is 36.8 Å². The molecule has 2 amide bonds. The van der Waals surface area contributed by atoms with Gasteiger partial charge in [0.2, 0.25) is 0 Å². The molecule has 1 aromatic heterocycles. The molecule has 3 rings (SSSR count). The van der Waals surface area contributed by atoms with Crippen LogP contribution in [-0.4, -0.2) is 29.8 Å². The molecule has 0 fully saturated rings. The Labute approximate surface area is 170 Å². The van der Waals surface area contributed by atoms with Crippen LogP contribution < -0.4 is 11.1 Å². The lowest BCUT2D eigenvalue weighted by atomic mass is 9.88. The topological polar surface area (TPSA) is 142 Å². The maximum Gasteiger partial charge on any atom is 0.338 e. The van der Waals surface area contributed by atoms with Gasteiger partial charge in [0.1, 0.15) is 5.00 Å². The average molecular weight is 417 g/mol. The lowest BCUT2D eigenvalue weighted by Crippen LogP contribution is -2.19. The molecule has 3 N–H and O–H groups in total. The fourth-order valence-corrected chi connectivity index (χ4v) is 4.77. The highest BCUT2D eigenvalue weighted by atomic mass is 32.1. The number of esters is 1. The number of carbonyl (C=O) groups is 3. The van der Waals surface area contributed by atoms with Crippen LogP contribution in [0, 0.1) is 16.0 Å². The molecule has 1 aliphatic rings. The minimum atomic E-state index is -0.804. The van der Waals surface area contributed by atoms with Gasteiger partial charge in [-0.25, -0.2) is 4.79 Å². The van der Waals surface area contributed by atoms with Crippen molar-refractivity contribution in [3.05, 3.63) is 55.4 Å². The van der Waals surface area contributed by atoms with Crippen molar-refractivity contribution in [2.45, 2.75) is 26.2 Å². The van der Waals surface area contributed by atoms with Crippen molar-refractivity contribution in [1.82, 2.24) is 0 Å². The van der Waals surface area contributed by atoms with Gasteiger partial charge in [-0.3, -0.25) is 19.7 Å². The number of fused-ring (bicyclic) bond motifs is 1. The predicted octanol–water partition coefficient (Wildman–Crippen LogP) is 2.92. The first kappa shape index (κ1) is 20.5. The van der Waals surface area contributed by atoms with Crippen molar-refractivity contribution < 1.29 is 24.0 Å². The molecule has 1 heterocycles. The Kier molecular flexibility index (Phi) is 5.64. The number of nitrogens with two attached hydrogens (primary N) is 1. The van der Waals surface area contributed by atoms with Crippen molar-refractivity contribution >= 4 is 39.8 Å². The third-order valence-corrected chi connectivity index (χ3v) is 5.97. The summed E-state index contributed by atoms with van der Waals surface area (Å²) in [6, 6.07) is 3.29. The number of ether oxygens (including phenoxy) is 1. The second kappa shape index (κ2) is 8.00. The molecule has 0 saturated heterocycles. The Morgan fingerprint density at radius 1 is 1.28 bits per heavy atom. The number of methoxy groups -OCH3 is 1. The van der Waals surface area contributed by atoms with Gasteiger partial charge < -0.3 is 15.8 Å². The summed E-state index contributed by atoms with van der Waals surface area (Å²) in [6.45, 7) is 2.11. The van der Waals surface area contributed by atoms with Crippen LogP contribution in [-0.2, 0) is 17.6 Å². The molecule has 1 atom stereocenters. The molecule has 0 aliphatic heterocycles. The number of non-ortho nitro benzene ring substituents is 1. The number of nitro groups is 1. The van der Waals surface area contributed by atoms with Crippen LogP contribution in [0.3, 0.4) is 0 Å². The normalized spacial score (nSPS) is 15.3. The number of nitro benzene ring substituents is 1. The van der Waals surface area contributed by atoms with Crippen LogP contribution >= 0.6 is 11.3 Å². The summed E-state index contributed by atoms with van der Waals surface area (Å²) in [4.78, 5) is 48.0. The first-order chi connectivity index (χ1) is 13.7. The number of hydrogen-bond donors (Lipinski definition) is 2. The fourth-order valence-electron chi connectivity index (χ4n) is 3.36. The summed E-state index contributed by atoms with van der Waals surface area (Å²) in [5, 5.41) is 14.1. The number of nitrogens with one attached hydrogen (secondary N) is 1. The second-order valence-corrected chi connectivity index (χ2v) is 8.00. The minimum absolute atomic E-state index is 0.102. The van der Waals surface area contributed by atoms with Crippen LogP contribution in [0.25, 0.3) is 0 Å². The highest BCUT2D eigenvalue weighted by Gasteiger charge is 2.28. The van der Waals surface area contributed by atoms with Crippen LogP contribution in [0.2, 0.25) is 0 Å². The third kappa shape index (κ3) is 4.11. The molecular weight excluding hydrogens is 398 g/mol. The van der Waals surface area contributed by atoms with E-state index < -0.39 is 28.4 Å². The van der Waals surface area contributed by atoms with E-state index in [0.29, 0.717) is 17.3 Å². The van der Waals surface area contributed by atoms with Crippen LogP contribution in [0.5, 0.6) is 0 Å². The summed E-state index contributed by atoms with van der Waals surface area (Å²) in [5.74, 6) is -1.67. The summed E-state index contributed by atoms with van der Waals surface area (Å²) < 4.78 is 4.59. The van der Waals surface area contributed by atoms with E-state index in [2.05, 4.69) is 17.0 Å². The number of rotatable bonds is 5. The van der Waals surface area contributed by atoms with Gasteiger partial charge in [0.15, 0.2) is 0 Å². The number of benzene rings is 1. The number of amides is 2. The number of primary amides is 1. The van der Waals surface area contributed by atoms with Gasteiger partial charge in [-0.2, -0.15) is 0 Å². The lowest BCUT2D eigenvalue weighted by Gasteiger charge is -2.18. The molecular formula is C19H19N3O6S. The Morgan fingerprint density at radius 3 is 2.59 bits per heavy atom. The standard InChI is InChI=1S/C19H19N3O6S/c1-9-3-4-13-14(5-9)29-18(15(13)16(20)23)21-17(24)10-6-11(19(25)28-2)8-12(7-10)22(26)27/h6-9H,3-5H2,1-2H3,(H2,20,23)(H,21,24). The summed E-state index contributed by atoms with van der Waals surface area (Å²) in [5.41, 5.74) is 6.03. The number of nitrogens with zero attached hydrogens (tertiary/aromatic N) is 1. The largest absolute Gasteiger partial charge is 0.465 e. The Morgan fingerprint density at radius 2 is 1.97 bits per heavy atom. The summed E-state index contributed by atoms with van der Waals surface area (Å²) >= 11 is 1.28. The van der Waals surface area contributed by atoms with Crippen molar-refractivity contribution in [3.8, 4) is 0 Å². The van der Waals surface area contributed by atoms with E-state index in [1.165, 1.54) is 17.4 Å². The van der Waals surface area contributed by atoms with Crippen molar-refractivity contribution in [2.24, 2.45) is 11.7 Å². The van der Waals surface area contributed by atoms with Gasteiger partial charge in [0.05, 0.1) is 23.2 Å². The molecule has 1 aromatic carbocycles. The molecule has 1 aliphatic carbocycles. The first-order valence-corrected chi connectivity index (χ1v) is 9.66. The summed E-state index contributed by atoms with van der Waals surface area (Å²) in [6.07, 6.45) is 2.41. The monoisotopic (exact) mass is 417 g/mol. The van der Waals surface area contributed by atoms with E-state index in [0.717, 1.165) is 42.5 Å². The highest BCUT2D eigenvalue weighted by molar-refractivity contribution is 7.17. The predicted molar refractivity (Wildman–Crippen MR) is 106 cm³/mol. The van der Waals surface area contributed by atoms with E-state index in [-0.39, 0.29) is 16.7 Å². The maximum absolute atomic E-state index is 12.8. The lowest BCUT2D eigenvalue weighted by molar-refractivity contribution is -0.384. The van der Waals surface area contributed by atoms with Crippen LogP contribution in [0.4, 0.5) is 10.7 Å². The van der Waals surface area contributed by atoms with E-state index in [4.69, 9.17) is 5.73 Å². The van der Waals surface area contributed by atoms with Gasteiger partial charge in [-0.15, -0.1) is 11.3 Å². The smallest absolute Gasteiger partial charge is 0.338 e. The van der Waals surface area contributed by atoms with Crippen molar-refractivity contribution in [2.75, 3.05) is 12.4 Å². The minimum Gasteiger partial charge on any atom is -0.465 e. The molecule has 10 heteroatoms. The van der Waals surface area contributed by atoms with Gasteiger partial charge in [0, 0.05) is 22.6 Å². The van der Waals surface area contributed by atoms with E-state index in [9.17, 15) is 24.5 Å². The third-order valence-electron chi connectivity index (χ3n) is 4.80. The SMILES string of the molecule is COC(=O)c1cc(C(=O)Nc2sc3c(c2C(N)=O)CCC(C)C3)cc([N+](=O)[O-])c1. The van der Waals surface area contributed by atoms with E-state index >= 15 is 0 Å². The molecule has 152 valence electrons. The highest BCUT2D eigenvalue weighted by Crippen LogP contribution is 2.39. The number of hydrogen-bond acceptors (Lipinski definition) is 7. The molecule has 0 saturated carbocycles. The van der Waals surface area contributed by atoms with Crippen molar-refractivity contribution in [1.29, 1.82) is 0 Å². The zero-order chi connectivity index (χ0) is 21.3. The summed E-state index contributed by atoms with van der Waals surface area (Å²) in [7, 11) is 1.14. The number of carbonyl (C=O) groups excluding carboxylic acids is 3. The Bertz CT molecular complexity index is 1030. The van der Waals surface area contributed by atoms with E-state index in [1.807, 2.05) is 0 Å². The van der Waals surface area contributed by atoms with Crippen molar-refractivity contribution in [3.63, 3.8) is 0 Å². The molecule has 9 nitrogen and oxygen atoms in total. The number of anilines is 1. The van der Waals surface area contributed by atoms with Crippen LogP contribution in [0.1, 0.15) is 54.9 Å². The molecule has 0 bridgehead atoms. The average Bonchev–Trinajstić information content (AvgIpc) is 3.03. The van der Waals surface area contributed by atoms with Crippen LogP contribution in [0.15, 0.2) is 18.2 Å². The van der Waals surface area contributed by atoms with Gasteiger partial charge >= 0.3 is 5.97 Å². The molecule has 2 aromatic rings. The second-order valence-electron chi connectivity index (χ2n) is 6.89.